The maximum absolute atomic E-state index is 12.5. The number of hydrogen-bond acceptors (Lipinski definition) is 2. The third-order valence-corrected chi connectivity index (χ3v) is 1.61. The average molecular weight is 167 g/mol. The number of phenolic OH excluding ortho intramolecular Hbond substituents is 1. The van der Waals surface area contributed by atoms with Crippen LogP contribution in [0, 0.1) is 5.82 Å². The topological polar surface area (TPSA) is 46.2 Å². The summed E-state index contributed by atoms with van der Waals surface area (Å²) in [6.07, 6.45) is 1.48. The summed E-state index contributed by atoms with van der Waals surface area (Å²) in [5.74, 6) is -0.616. The molecular weight excluding hydrogens is 157 g/mol. The van der Waals surface area contributed by atoms with Crippen LogP contribution in [0.25, 0.3) is 0 Å². The third-order valence-electron chi connectivity index (χ3n) is 1.61. The molecule has 0 radical (unpaired) electrons. The molecule has 2 nitrogen and oxygen atoms in total. The lowest BCUT2D eigenvalue weighted by Gasteiger charge is -2.08. The lowest BCUT2D eigenvalue weighted by Crippen LogP contribution is -2.06. The van der Waals surface area contributed by atoms with Crippen LogP contribution in [-0.2, 0) is 0 Å². The molecule has 3 heteroatoms. The van der Waals surface area contributed by atoms with Gasteiger partial charge in [0.05, 0.1) is 6.04 Å². The van der Waals surface area contributed by atoms with Gasteiger partial charge in [-0.25, -0.2) is 4.39 Å². The SMILES string of the molecule is C=C[C@@H](N)c1ccc(F)cc1O. The summed E-state index contributed by atoms with van der Waals surface area (Å²) in [7, 11) is 0. The number of rotatable bonds is 2. The molecule has 0 unspecified atom stereocenters. The van der Waals surface area contributed by atoms with E-state index in [0.717, 1.165) is 6.07 Å². The highest BCUT2D eigenvalue weighted by Gasteiger charge is 2.07. The van der Waals surface area contributed by atoms with Crippen molar-refractivity contribution in [2.75, 3.05) is 0 Å². The summed E-state index contributed by atoms with van der Waals surface area (Å²) in [6, 6.07) is 3.26. The number of benzene rings is 1. The van der Waals surface area contributed by atoms with Crippen LogP contribution in [0.4, 0.5) is 4.39 Å². The zero-order valence-electron chi connectivity index (χ0n) is 6.50. The molecule has 1 rings (SSSR count). The Balaban J connectivity index is 3.09. The lowest BCUT2D eigenvalue weighted by atomic mass is 10.1. The molecule has 0 aliphatic heterocycles. The van der Waals surface area contributed by atoms with Gasteiger partial charge in [-0.3, -0.25) is 0 Å². The highest BCUT2D eigenvalue weighted by molar-refractivity contribution is 5.36. The summed E-state index contributed by atoms with van der Waals surface area (Å²) < 4.78 is 12.5. The molecule has 0 fully saturated rings. The molecule has 0 aliphatic carbocycles. The van der Waals surface area contributed by atoms with Gasteiger partial charge in [0.2, 0.25) is 0 Å². The van der Waals surface area contributed by atoms with E-state index in [-0.39, 0.29) is 5.75 Å². The van der Waals surface area contributed by atoms with E-state index in [0.29, 0.717) is 5.56 Å². The Morgan fingerprint density at radius 2 is 2.25 bits per heavy atom. The van der Waals surface area contributed by atoms with Gasteiger partial charge < -0.3 is 10.8 Å². The maximum Gasteiger partial charge on any atom is 0.126 e. The summed E-state index contributed by atoms with van der Waals surface area (Å²) in [4.78, 5) is 0. The highest BCUT2D eigenvalue weighted by atomic mass is 19.1. The smallest absolute Gasteiger partial charge is 0.126 e. The van der Waals surface area contributed by atoms with Crippen molar-refractivity contribution in [2.45, 2.75) is 6.04 Å². The van der Waals surface area contributed by atoms with Crippen molar-refractivity contribution in [1.29, 1.82) is 0 Å². The van der Waals surface area contributed by atoms with E-state index in [1.165, 1.54) is 18.2 Å². The van der Waals surface area contributed by atoms with Crippen LogP contribution in [-0.4, -0.2) is 5.11 Å². The van der Waals surface area contributed by atoms with Crippen molar-refractivity contribution in [3.8, 4) is 5.75 Å². The van der Waals surface area contributed by atoms with Gasteiger partial charge in [0, 0.05) is 11.6 Å². The first-order chi connectivity index (χ1) is 5.65. The maximum atomic E-state index is 12.5. The second-order valence-electron chi connectivity index (χ2n) is 2.46. The molecule has 0 amide bonds. The molecule has 0 aromatic heterocycles. The van der Waals surface area contributed by atoms with Crippen molar-refractivity contribution in [3.05, 3.63) is 42.2 Å². The van der Waals surface area contributed by atoms with Gasteiger partial charge >= 0.3 is 0 Å². The number of phenols is 1. The Kier molecular flexibility index (Phi) is 2.45. The first-order valence-corrected chi connectivity index (χ1v) is 3.51. The van der Waals surface area contributed by atoms with Gasteiger partial charge in [0.25, 0.3) is 0 Å². The Labute approximate surface area is 70.1 Å². The summed E-state index contributed by atoms with van der Waals surface area (Å²) in [5, 5.41) is 9.23. The quantitative estimate of drug-likeness (QED) is 0.659. The molecule has 0 heterocycles. The van der Waals surface area contributed by atoms with E-state index in [4.69, 9.17) is 5.73 Å². The number of hydrogen-bond donors (Lipinski definition) is 2. The Morgan fingerprint density at radius 3 is 2.75 bits per heavy atom. The molecule has 0 saturated carbocycles. The molecule has 64 valence electrons. The molecular formula is C9H10FNO. The van der Waals surface area contributed by atoms with Crippen LogP contribution >= 0.6 is 0 Å². The molecule has 1 aromatic carbocycles. The van der Waals surface area contributed by atoms with Crippen molar-refractivity contribution in [3.63, 3.8) is 0 Å². The Morgan fingerprint density at radius 1 is 1.58 bits per heavy atom. The van der Waals surface area contributed by atoms with E-state index >= 15 is 0 Å². The van der Waals surface area contributed by atoms with Crippen molar-refractivity contribution < 1.29 is 9.50 Å². The van der Waals surface area contributed by atoms with E-state index in [2.05, 4.69) is 6.58 Å². The van der Waals surface area contributed by atoms with E-state index in [1.807, 2.05) is 0 Å². The van der Waals surface area contributed by atoms with Gasteiger partial charge in [0.1, 0.15) is 11.6 Å². The Bertz CT molecular complexity index is 299. The molecule has 0 bridgehead atoms. The van der Waals surface area contributed by atoms with Gasteiger partial charge in [-0.05, 0) is 6.07 Å². The van der Waals surface area contributed by atoms with Crippen molar-refractivity contribution in [1.82, 2.24) is 0 Å². The summed E-state index contributed by atoms with van der Waals surface area (Å²) >= 11 is 0. The molecule has 0 saturated heterocycles. The average Bonchev–Trinajstić information content (AvgIpc) is 2.03. The van der Waals surface area contributed by atoms with Gasteiger partial charge in [-0.15, -0.1) is 6.58 Å². The minimum atomic E-state index is -0.479. The zero-order chi connectivity index (χ0) is 9.14. The summed E-state index contributed by atoms with van der Waals surface area (Å²) in [6.45, 7) is 3.47. The highest BCUT2D eigenvalue weighted by Crippen LogP contribution is 2.23. The van der Waals surface area contributed by atoms with E-state index in [9.17, 15) is 9.50 Å². The molecule has 3 N–H and O–H groups in total. The summed E-state index contributed by atoms with van der Waals surface area (Å²) in [5.41, 5.74) is 6.02. The third kappa shape index (κ3) is 1.62. The van der Waals surface area contributed by atoms with Gasteiger partial charge in [-0.1, -0.05) is 12.1 Å². The molecule has 1 aromatic rings. The fourth-order valence-electron chi connectivity index (χ4n) is 0.926. The Hall–Kier alpha value is -1.35. The fraction of sp³-hybridized carbons (Fsp3) is 0.111. The fourth-order valence-corrected chi connectivity index (χ4v) is 0.926. The minimum Gasteiger partial charge on any atom is -0.507 e. The lowest BCUT2D eigenvalue weighted by molar-refractivity contribution is 0.459. The van der Waals surface area contributed by atoms with Crippen molar-refractivity contribution >= 4 is 0 Å². The van der Waals surface area contributed by atoms with Crippen LogP contribution in [0.3, 0.4) is 0 Å². The first kappa shape index (κ1) is 8.74. The van der Waals surface area contributed by atoms with E-state index in [1.54, 1.807) is 0 Å². The van der Waals surface area contributed by atoms with Crippen LogP contribution < -0.4 is 5.73 Å². The van der Waals surface area contributed by atoms with Crippen LogP contribution in [0.15, 0.2) is 30.9 Å². The molecule has 0 spiro atoms. The molecule has 1 atom stereocenters. The minimum absolute atomic E-state index is 0.137. The largest absolute Gasteiger partial charge is 0.507 e. The number of halogens is 1. The van der Waals surface area contributed by atoms with Crippen LogP contribution in [0.5, 0.6) is 5.75 Å². The number of aromatic hydroxyl groups is 1. The zero-order valence-corrected chi connectivity index (χ0v) is 6.50. The normalized spacial score (nSPS) is 12.5. The van der Waals surface area contributed by atoms with Crippen LogP contribution in [0.2, 0.25) is 0 Å². The van der Waals surface area contributed by atoms with Crippen molar-refractivity contribution in [2.24, 2.45) is 5.73 Å². The molecule has 0 aliphatic rings. The molecule has 12 heavy (non-hydrogen) atoms. The van der Waals surface area contributed by atoms with Crippen LogP contribution in [0.1, 0.15) is 11.6 Å². The second-order valence-corrected chi connectivity index (χ2v) is 2.46. The number of nitrogens with two attached hydrogens (primary N) is 1. The predicted octanol–water partition coefficient (Wildman–Crippen LogP) is 1.72. The van der Waals surface area contributed by atoms with Gasteiger partial charge in [-0.2, -0.15) is 0 Å². The predicted molar refractivity (Wildman–Crippen MR) is 45.2 cm³/mol. The monoisotopic (exact) mass is 167 g/mol. The standard InChI is InChI=1S/C9H10FNO/c1-2-8(11)7-4-3-6(10)5-9(7)12/h2-5,8,12H,1,11H2/t8-/m1/s1. The van der Waals surface area contributed by atoms with Gasteiger partial charge in [0.15, 0.2) is 0 Å². The van der Waals surface area contributed by atoms with E-state index < -0.39 is 11.9 Å². The second kappa shape index (κ2) is 3.36. The first-order valence-electron chi connectivity index (χ1n) is 3.51.